The van der Waals surface area contributed by atoms with Crippen LogP contribution in [-0.4, -0.2) is 28.0 Å². The van der Waals surface area contributed by atoms with E-state index in [1.165, 1.54) is 6.42 Å². The second kappa shape index (κ2) is 6.36. The molecule has 0 fully saturated rings. The van der Waals surface area contributed by atoms with Crippen LogP contribution in [0.3, 0.4) is 0 Å². The number of allylic oxidation sites excluding steroid dienone is 1. The van der Waals surface area contributed by atoms with Gasteiger partial charge >= 0.3 is 0 Å². The van der Waals surface area contributed by atoms with Crippen LogP contribution in [0, 0.1) is 11.3 Å². The highest BCUT2D eigenvalue weighted by Crippen LogP contribution is 2.32. The summed E-state index contributed by atoms with van der Waals surface area (Å²) < 4.78 is 13.2. The molecule has 122 valence electrons. The van der Waals surface area contributed by atoms with E-state index in [-0.39, 0.29) is 0 Å². The van der Waals surface area contributed by atoms with E-state index in [0.717, 1.165) is 42.9 Å². The van der Waals surface area contributed by atoms with E-state index in [1.54, 1.807) is 0 Å². The predicted octanol–water partition coefficient (Wildman–Crippen LogP) is 2.84. The van der Waals surface area contributed by atoms with E-state index >= 15 is 0 Å². The van der Waals surface area contributed by atoms with Crippen LogP contribution >= 0.6 is 0 Å². The maximum atomic E-state index is 9.61. The van der Waals surface area contributed by atoms with E-state index in [9.17, 15) is 5.26 Å². The third-order valence-electron chi connectivity index (χ3n) is 4.35. The molecule has 0 saturated carbocycles. The van der Waals surface area contributed by atoms with Crippen molar-refractivity contribution < 1.29 is 9.47 Å². The van der Waals surface area contributed by atoms with Crippen LogP contribution in [0.15, 0.2) is 18.2 Å². The topological polar surface area (TPSA) is 73.0 Å². The number of nitriles is 1. The van der Waals surface area contributed by atoms with Gasteiger partial charge in [-0.25, -0.2) is 0 Å². The molecule has 3 heterocycles. The predicted molar refractivity (Wildman–Crippen MR) is 88.5 cm³/mol. The molecule has 24 heavy (non-hydrogen) atoms. The van der Waals surface area contributed by atoms with Gasteiger partial charge in [0.05, 0.1) is 5.57 Å². The van der Waals surface area contributed by atoms with Crippen molar-refractivity contribution in [1.82, 2.24) is 14.8 Å². The minimum Gasteiger partial charge on any atom is -0.486 e. The second-order valence-corrected chi connectivity index (χ2v) is 5.98. The molecule has 2 aromatic rings. The summed E-state index contributed by atoms with van der Waals surface area (Å²) in [5, 5.41) is 18.1. The average molecular weight is 322 g/mol. The van der Waals surface area contributed by atoms with Crippen molar-refractivity contribution in [3.63, 3.8) is 0 Å². The first-order valence-electron chi connectivity index (χ1n) is 8.29. The van der Waals surface area contributed by atoms with Gasteiger partial charge in [-0.2, -0.15) is 5.26 Å². The smallest absolute Gasteiger partial charge is 0.174 e. The molecule has 0 aliphatic carbocycles. The molecule has 2 aliphatic heterocycles. The van der Waals surface area contributed by atoms with Crippen molar-refractivity contribution in [1.29, 1.82) is 5.26 Å². The summed E-state index contributed by atoms with van der Waals surface area (Å²) in [6, 6.07) is 7.96. The summed E-state index contributed by atoms with van der Waals surface area (Å²) in [5.74, 6) is 3.09. The van der Waals surface area contributed by atoms with Gasteiger partial charge in [0.15, 0.2) is 17.3 Å². The highest BCUT2D eigenvalue weighted by Gasteiger charge is 2.18. The van der Waals surface area contributed by atoms with Crippen LogP contribution in [0.4, 0.5) is 0 Å². The van der Waals surface area contributed by atoms with Crippen molar-refractivity contribution in [3.8, 4) is 17.6 Å². The standard InChI is InChI=1S/C18H18N4O2/c19-12-14(18-21-20-17-4-2-1-3-7-22(17)18)10-13-5-6-15-16(11-13)24-9-8-23-15/h5-6,10-11H,1-4,7-9H2. The fraction of sp³-hybridized carbons (Fsp3) is 0.389. The summed E-state index contributed by atoms with van der Waals surface area (Å²) in [6.45, 7) is 1.98. The van der Waals surface area contributed by atoms with Crippen LogP contribution in [-0.2, 0) is 13.0 Å². The fourth-order valence-electron chi connectivity index (χ4n) is 3.15. The van der Waals surface area contributed by atoms with Gasteiger partial charge in [-0.15, -0.1) is 10.2 Å². The summed E-state index contributed by atoms with van der Waals surface area (Å²) in [4.78, 5) is 0. The number of nitrogens with zero attached hydrogens (tertiary/aromatic N) is 4. The monoisotopic (exact) mass is 322 g/mol. The lowest BCUT2D eigenvalue weighted by Crippen LogP contribution is -2.15. The molecule has 6 heteroatoms. The minimum atomic E-state index is 0.521. The molecule has 0 amide bonds. The van der Waals surface area contributed by atoms with Gasteiger partial charge in [0.2, 0.25) is 0 Å². The number of fused-ring (bicyclic) bond motifs is 2. The first kappa shape index (κ1) is 14.8. The van der Waals surface area contributed by atoms with Crippen LogP contribution in [0.5, 0.6) is 11.5 Å². The number of aromatic nitrogens is 3. The average Bonchev–Trinajstić information content (AvgIpc) is 2.87. The first-order chi connectivity index (χ1) is 11.8. The zero-order chi connectivity index (χ0) is 16.4. The van der Waals surface area contributed by atoms with Crippen molar-refractivity contribution in [2.75, 3.05) is 13.2 Å². The number of aryl methyl sites for hydroxylation is 1. The Balaban J connectivity index is 1.70. The molecular weight excluding hydrogens is 304 g/mol. The third-order valence-corrected chi connectivity index (χ3v) is 4.35. The van der Waals surface area contributed by atoms with Crippen LogP contribution in [0.2, 0.25) is 0 Å². The zero-order valence-corrected chi connectivity index (χ0v) is 13.4. The van der Waals surface area contributed by atoms with Crippen molar-refractivity contribution in [2.24, 2.45) is 0 Å². The Morgan fingerprint density at radius 1 is 1.12 bits per heavy atom. The molecular formula is C18H18N4O2. The van der Waals surface area contributed by atoms with E-state index < -0.39 is 0 Å². The van der Waals surface area contributed by atoms with E-state index in [2.05, 4.69) is 20.8 Å². The molecule has 0 atom stereocenters. The third kappa shape index (κ3) is 2.73. The van der Waals surface area contributed by atoms with E-state index in [4.69, 9.17) is 9.47 Å². The minimum absolute atomic E-state index is 0.521. The molecule has 6 nitrogen and oxygen atoms in total. The highest BCUT2D eigenvalue weighted by atomic mass is 16.6. The summed E-state index contributed by atoms with van der Waals surface area (Å²) in [5.41, 5.74) is 1.41. The normalized spacial score (nSPS) is 16.9. The summed E-state index contributed by atoms with van der Waals surface area (Å²) in [7, 11) is 0. The maximum absolute atomic E-state index is 9.61. The quantitative estimate of drug-likeness (QED) is 0.795. The molecule has 2 aliphatic rings. The molecule has 0 unspecified atom stereocenters. The molecule has 0 radical (unpaired) electrons. The molecule has 1 aromatic heterocycles. The Morgan fingerprint density at radius 3 is 2.88 bits per heavy atom. The van der Waals surface area contributed by atoms with E-state index in [0.29, 0.717) is 30.4 Å². The lowest BCUT2D eigenvalue weighted by molar-refractivity contribution is 0.171. The number of hydrogen-bond donors (Lipinski definition) is 0. The Hall–Kier alpha value is -2.81. The van der Waals surface area contributed by atoms with Crippen molar-refractivity contribution in [3.05, 3.63) is 35.4 Å². The Labute approximate surface area is 140 Å². The number of rotatable bonds is 2. The molecule has 1 aromatic carbocycles. The molecule has 0 N–H and O–H groups in total. The molecule has 0 saturated heterocycles. The van der Waals surface area contributed by atoms with Gasteiger partial charge in [-0.1, -0.05) is 12.5 Å². The largest absolute Gasteiger partial charge is 0.486 e. The molecule has 0 bridgehead atoms. The number of hydrogen-bond acceptors (Lipinski definition) is 5. The van der Waals surface area contributed by atoms with Crippen molar-refractivity contribution >= 4 is 11.6 Å². The summed E-state index contributed by atoms with van der Waals surface area (Å²) in [6.07, 6.45) is 6.18. The van der Waals surface area contributed by atoms with Gasteiger partial charge in [0.1, 0.15) is 25.1 Å². The Morgan fingerprint density at radius 2 is 2.00 bits per heavy atom. The Bertz CT molecular complexity index is 832. The maximum Gasteiger partial charge on any atom is 0.174 e. The van der Waals surface area contributed by atoms with Gasteiger partial charge in [0.25, 0.3) is 0 Å². The fourth-order valence-corrected chi connectivity index (χ4v) is 3.15. The van der Waals surface area contributed by atoms with E-state index in [1.807, 2.05) is 24.3 Å². The first-order valence-corrected chi connectivity index (χ1v) is 8.29. The van der Waals surface area contributed by atoms with Crippen LogP contribution < -0.4 is 9.47 Å². The lowest BCUT2D eigenvalue weighted by atomic mass is 10.1. The lowest BCUT2D eigenvalue weighted by Gasteiger charge is -2.18. The SMILES string of the molecule is N#CC(=Cc1ccc2c(c1)OCCO2)c1nnc2n1CCCCC2. The number of ether oxygens (including phenoxy) is 2. The van der Waals surface area contributed by atoms with Crippen LogP contribution in [0.1, 0.15) is 36.5 Å². The molecule has 0 spiro atoms. The second-order valence-electron chi connectivity index (χ2n) is 5.98. The van der Waals surface area contributed by atoms with Gasteiger partial charge < -0.3 is 14.0 Å². The Kier molecular flexibility index (Phi) is 3.91. The highest BCUT2D eigenvalue weighted by molar-refractivity contribution is 5.87. The van der Waals surface area contributed by atoms with Gasteiger partial charge in [-0.05, 0) is 36.6 Å². The van der Waals surface area contributed by atoms with Gasteiger partial charge in [0, 0.05) is 13.0 Å². The zero-order valence-electron chi connectivity index (χ0n) is 13.4. The summed E-state index contributed by atoms with van der Waals surface area (Å²) >= 11 is 0. The van der Waals surface area contributed by atoms with Crippen LogP contribution in [0.25, 0.3) is 11.6 Å². The number of benzene rings is 1. The van der Waals surface area contributed by atoms with Crippen molar-refractivity contribution in [2.45, 2.75) is 32.2 Å². The molecule has 4 rings (SSSR count). The van der Waals surface area contributed by atoms with Gasteiger partial charge in [-0.3, -0.25) is 0 Å².